The fourth-order valence-corrected chi connectivity index (χ4v) is 1.72. The molecule has 2 rings (SSSR count). The fourth-order valence-electron chi connectivity index (χ4n) is 1.72. The Hall–Kier alpha value is -2.37. The largest absolute Gasteiger partial charge is 0.496 e. The number of halogens is 1. The van der Waals surface area contributed by atoms with Gasteiger partial charge < -0.3 is 15.0 Å². The number of amides is 1. The summed E-state index contributed by atoms with van der Waals surface area (Å²) in [7, 11) is 1.40. The number of benzene rings is 1. The van der Waals surface area contributed by atoms with Gasteiger partial charge in [-0.1, -0.05) is 6.07 Å². The van der Waals surface area contributed by atoms with Gasteiger partial charge in [0.15, 0.2) is 0 Å². The molecule has 0 fully saturated rings. The van der Waals surface area contributed by atoms with E-state index in [9.17, 15) is 9.18 Å². The van der Waals surface area contributed by atoms with E-state index in [0.717, 1.165) is 5.69 Å². The number of aromatic nitrogens is 2. The summed E-state index contributed by atoms with van der Waals surface area (Å²) in [4.78, 5) is 18.7. The third-order valence-corrected chi connectivity index (χ3v) is 2.66. The molecule has 0 saturated carbocycles. The van der Waals surface area contributed by atoms with Crippen molar-refractivity contribution in [2.75, 3.05) is 13.7 Å². The molecule has 100 valence electrons. The van der Waals surface area contributed by atoms with Crippen LogP contribution >= 0.6 is 0 Å². The molecule has 0 atom stereocenters. The van der Waals surface area contributed by atoms with Crippen LogP contribution in [0.1, 0.15) is 16.1 Å². The van der Waals surface area contributed by atoms with Crippen LogP contribution < -0.4 is 10.1 Å². The molecule has 1 aromatic heterocycles. The van der Waals surface area contributed by atoms with Gasteiger partial charge >= 0.3 is 0 Å². The van der Waals surface area contributed by atoms with Gasteiger partial charge in [0.1, 0.15) is 17.1 Å². The lowest BCUT2D eigenvalue weighted by Gasteiger charge is -2.09. The zero-order chi connectivity index (χ0) is 13.7. The quantitative estimate of drug-likeness (QED) is 0.859. The van der Waals surface area contributed by atoms with E-state index in [1.165, 1.54) is 19.2 Å². The minimum Gasteiger partial charge on any atom is -0.496 e. The zero-order valence-electron chi connectivity index (χ0n) is 10.4. The van der Waals surface area contributed by atoms with Gasteiger partial charge in [0.25, 0.3) is 5.91 Å². The van der Waals surface area contributed by atoms with E-state index in [0.29, 0.717) is 13.0 Å². The summed E-state index contributed by atoms with van der Waals surface area (Å²) in [6.07, 6.45) is 3.84. The number of ether oxygens (including phenoxy) is 1. The molecule has 0 aliphatic carbocycles. The van der Waals surface area contributed by atoms with Gasteiger partial charge in [-0.25, -0.2) is 9.37 Å². The van der Waals surface area contributed by atoms with Crippen molar-refractivity contribution in [2.24, 2.45) is 0 Å². The predicted molar refractivity (Wildman–Crippen MR) is 67.6 cm³/mol. The normalized spacial score (nSPS) is 10.2. The number of imidazole rings is 1. The van der Waals surface area contributed by atoms with Crippen molar-refractivity contribution in [3.8, 4) is 5.75 Å². The molecule has 1 amide bonds. The number of nitrogens with one attached hydrogen (secondary N) is 2. The SMILES string of the molecule is COc1cccc(F)c1C(=O)NCCc1cnc[nH]1. The van der Waals surface area contributed by atoms with Gasteiger partial charge in [-0.05, 0) is 12.1 Å². The Kier molecular flexibility index (Phi) is 4.12. The molecule has 0 aliphatic heterocycles. The molecule has 6 heteroatoms. The van der Waals surface area contributed by atoms with E-state index in [-0.39, 0.29) is 11.3 Å². The van der Waals surface area contributed by atoms with Gasteiger partial charge in [0.05, 0.1) is 13.4 Å². The van der Waals surface area contributed by atoms with Gasteiger partial charge in [-0.2, -0.15) is 0 Å². The molecule has 0 spiro atoms. The second-order valence-electron chi connectivity index (χ2n) is 3.90. The molecule has 1 heterocycles. The Morgan fingerprint density at radius 3 is 3.05 bits per heavy atom. The summed E-state index contributed by atoms with van der Waals surface area (Å²) in [5.41, 5.74) is 0.829. The van der Waals surface area contributed by atoms with Crippen LogP contribution in [0.25, 0.3) is 0 Å². The molecule has 0 saturated heterocycles. The maximum atomic E-state index is 13.6. The van der Waals surface area contributed by atoms with Crippen molar-refractivity contribution in [1.29, 1.82) is 0 Å². The highest BCUT2D eigenvalue weighted by Crippen LogP contribution is 2.20. The first-order valence-electron chi connectivity index (χ1n) is 5.80. The van der Waals surface area contributed by atoms with Crippen LogP contribution in [0.2, 0.25) is 0 Å². The van der Waals surface area contributed by atoms with E-state index in [2.05, 4.69) is 15.3 Å². The molecule has 2 N–H and O–H groups in total. The van der Waals surface area contributed by atoms with E-state index in [4.69, 9.17) is 4.74 Å². The molecule has 1 aromatic carbocycles. The van der Waals surface area contributed by atoms with Crippen LogP contribution in [-0.4, -0.2) is 29.5 Å². The third kappa shape index (κ3) is 3.09. The standard InChI is InChI=1S/C13H14FN3O2/c1-19-11-4-2-3-10(14)12(11)13(18)16-6-5-9-7-15-8-17-9/h2-4,7-8H,5-6H2,1H3,(H,15,17)(H,16,18). The summed E-state index contributed by atoms with van der Waals surface area (Å²) >= 11 is 0. The second kappa shape index (κ2) is 5.99. The smallest absolute Gasteiger partial charge is 0.258 e. The molecule has 0 aliphatic rings. The number of H-pyrrole nitrogens is 1. The first kappa shape index (κ1) is 13.1. The molecule has 0 unspecified atom stereocenters. The van der Waals surface area contributed by atoms with Crippen LogP contribution in [-0.2, 0) is 6.42 Å². The van der Waals surface area contributed by atoms with Crippen molar-refractivity contribution < 1.29 is 13.9 Å². The lowest BCUT2D eigenvalue weighted by Crippen LogP contribution is -2.27. The molecule has 0 bridgehead atoms. The first-order chi connectivity index (χ1) is 9.22. The Bertz CT molecular complexity index is 555. The van der Waals surface area contributed by atoms with Crippen LogP contribution in [0, 0.1) is 5.82 Å². The lowest BCUT2D eigenvalue weighted by atomic mass is 10.1. The lowest BCUT2D eigenvalue weighted by molar-refractivity contribution is 0.0946. The number of rotatable bonds is 5. The third-order valence-electron chi connectivity index (χ3n) is 2.66. The Morgan fingerprint density at radius 2 is 2.37 bits per heavy atom. The van der Waals surface area contributed by atoms with E-state index >= 15 is 0 Å². The number of methoxy groups -OCH3 is 1. The van der Waals surface area contributed by atoms with E-state index < -0.39 is 11.7 Å². The Balaban J connectivity index is 2.00. The fraction of sp³-hybridized carbons (Fsp3) is 0.231. The summed E-state index contributed by atoms with van der Waals surface area (Å²) in [5, 5.41) is 2.65. The molecular weight excluding hydrogens is 249 g/mol. The number of carbonyl (C=O) groups is 1. The van der Waals surface area contributed by atoms with Gasteiger partial charge in [-0.3, -0.25) is 4.79 Å². The minimum absolute atomic E-state index is 0.0744. The highest BCUT2D eigenvalue weighted by molar-refractivity contribution is 5.97. The number of nitrogens with zero attached hydrogens (tertiary/aromatic N) is 1. The van der Waals surface area contributed by atoms with Crippen molar-refractivity contribution in [3.63, 3.8) is 0 Å². The van der Waals surface area contributed by atoms with Crippen LogP contribution in [0.15, 0.2) is 30.7 Å². The summed E-state index contributed by atoms with van der Waals surface area (Å²) < 4.78 is 18.6. The van der Waals surface area contributed by atoms with Crippen LogP contribution in [0.4, 0.5) is 4.39 Å². The molecular formula is C13H14FN3O2. The van der Waals surface area contributed by atoms with Crippen LogP contribution in [0.5, 0.6) is 5.75 Å². The molecule has 19 heavy (non-hydrogen) atoms. The van der Waals surface area contributed by atoms with Crippen molar-refractivity contribution >= 4 is 5.91 Å². The monoisotopic (exact) mass is 263 g/mol. The predicted octanol–water partition coefficient (Wildman–Crippen LogP) is 1.53. The van der Waals surface area contributed by atoms with Gasteiger partial charge in [-0.15, -0.1) is 0 Å². The van der Waals surface area contributed by atoms with E-state index in [1.54, 1.807) is 18.6 Å². The highest BCUT2D eigenvalue weighted by atomic mass is 19.1. The topological polar surface area (TPSA) is 67.0 Å². The zero-order valence-corrected chi connectivity index (χ0v) is 10.4. The average molecular weight is 263 g/mol. The minimum atomic E-state index is -0.599. The highest BCUT2D eigenvalue weighted by Gasteiger charge is 2.16. The van der Waals surface area contributed by atoms with Crippen molar-refractivity contribution in [2.45, 2.75) is 6.42 Å². The van der Waals surface area contributed by atoms with Crippen LogP contribution in [0.3, 0.4) is 0 Å². The molecule has 2 aromatic rings. The van der Waals surface area contributed by atoms with Crippen molar-refractivity contribution in [3.05, 3.63) is 47.8 Å². The number of hydrogen-bond acceptors (Lipinski definition) is 3. The summed E-state index contributed by atoms with van der Waals surface area (Å²) in [6.45, 7) is 0.387. The van der Waals surface area contributed by atoms with E-state index in [1.807, 2.05) is 0 Å². The number of carbonyl (C=O) groups excluding carboxylic acids is 1. The number of aromatic amines is 1. The maximum Gasteiger partial charge on any atom is 0.258 e. The van der Waals surface area contributed by atoms with Gasteiger partial charge in [0.2, 0.25) is 0 Å². The summed E-state index contributed by atoms with van der Waals surface area (Å²) in [5.74, 6) is -0.869. The number of hydrogen-bond donors (Lipinski definition) is 2. The van der Waals surface area contributed by atoms with Crippen molar-refractivity contribution in [1.82, 2.24) is 15.3 Å². The molecule has 0 radical (unpaired) electrons. The summed E-state index contributed by atoms with van der Waals surface area (Å²) in [6, 6.07) is 4.27. The maximum absolute atomic E-state index is 13.6. The molecule has 5 nitrogen and oxygen atoms in total. The Labute approximate surface area is 109 Å². The second-order valence-corrected chi connectivity index (χ2v) is 3.90. The van der Waals surface area contributed by atoms with Gasteiger partial charge in [0, 0.05) is 24.9 Å². The first-order valence-corrected chi connectivity index (χ1v) is 5.80. The average Bonchev–Trinajstić information content (AvgIpc) is 2.91. The Morgan fingerprint density at radius 1 is 1.53 bits per heavy atom.